The molecule has 0 aliphatic carbocycles. The third-order valence-electron chi connectivity index (χ3n) is 5.07. The summed E-state index contributed by atoms with van der Waals surface area (Å²) < 4.78 is 52.8. The fraction of sp³-hybridized carbons (Fsp3) is 0.792. The van der Waals surface area contributed by atoms with Gasteiger partial charge in [-0.1, -0.05) is 0 Å². The van der Waals surface area contributed by atoms with Crippen LogP contribution < -0.4 is 0 Å². The van der Waals surface area contributed by atoms with Gasteiger partial charge in [-0.25, -0.2) is 14.4 Å². The van der Waals surface area contributed by atoms with Crippen LogP contribution in [0.2, 0.25) is 0 Å². The molecule has 37 heavy (non-hydrogen) atoms. The molecule has 1 rings (SSSR count). The van der Waals surface area contributed by atoms with Crippen LogP contribution >= 0.6 is 0 Å². The third kappa shape index (κ3) is 12.7. The monoisotopic (exact) mass is 536 g/mol. The molecule has 13 nitrogen and oxygen atoms in total. The van der Waals surface area contributed by atoms with E-state index < -0.39 is 54.5 Å². The molecule has 0 aromatic rings. The van der Waals surface area contributed by atoms with Crippen LogP contribution in [0.15, 0.2) is 12.3 Å². The molecule has 1 aliphatic heterocycles. The lowest BCUT2D eigenvalue weighted by Gasteiger charge is -2.34. The maximum atomic E-state index is 12.7. The van der Waals surface area contributed by atoms with Crippen molar-refractivity contribution in [2.45, 2.75) is 57.4 Å². The molecular weight excluding hydrogens is 496 g/mol. The molecule has 1 heterocycles. The highest BCUT2D eigenvalue weighted by atomic mass is 16.6. The van der Waals surface area contributed by atoms with Crippen LogP contribution in [0.1, 0.15) is 20.8 Å². The van der Waals surface area contributed by atoms with Crippen molar-refractivity contribution in [3.63, 3.8) is 0 Å². The Labute approximate surface area is 217 Å². The zero-order chi connectivity index (χ0) is 27.6. The fourth-order valence-electron chi connectivity index (χ4n) is 2.88. The van der Waals surface area contributed by atoms with E-state index in [-0.39, 0.29) is 33.0 Å². The SMILES string of the molecule is COCCO[C@@H](C)C(=O)OC[C@H]1OC=C[C@@H](OC(=O)[C@H](C)OCCOC)[C@H]1OC(=O)[C@H](C)OCCOC. The lowest BCUT2D eigenvalue weighted by atomic mass is 10.1. The second-order valence-electron chi connectivity index (χ2n) is 7.95. The highest BCUT2D eigenvalue weighted by molar-refractivity contribution is 5.76. The van der Waals surface area contributed by atoms with Crippen molar-refractivity contribution < 1.29 is 61.8 Å². The van der Waals surface area contributed by atoms with E-state index in [0.29, 0.717) is 13.2 Å². The average molecular weight is 537 g/mol. The van der Waals surface area contributed by atoms with Crippen molar-refractivity contribution in [3.05, 3.63) is 12.3 Å². The highest BCUT2D eigenvalue weighted by Gasteiger charge is 2.40. The first-order valence-electron chi connectivity index (χ1n) is 12.0. The fourth-order valence-corrected chi connectivity index (χ4v) is 2.88. The Kier molecular flexibility index (Phi) is 16.7. The number of ether oxygens (including phenoxy) is 10. The van der Waals surface area contributed by atoms with Gasteiger partial charge < -0.3 is 47.4 Å². The Bertz CT molecular complexity index is 698. The van der Waals surface area contributed by atoms with Gasteiger partial charge in [0, 0.05) is 21.3 Å². The smallest absolute Gasteiger partial charge is 0.335 e. The van der Waals surface area contributed by atoms with Crippen molar-refractivity contribution in [2.24, 2.45) is 0 Å². The molecule has 214 valence electrons. The second kappa shape index (κ2) is 18.9. The molecule has 0 saturated heterocycles. The van der Waals surface area contributed by atoms with E-state index in [1.165, 1.54) is 54.4 Å². The first kappa shape index (κ1) is 32.7. The molecule has 0 aromatic heterocycles. The van der Waals surface area contributed by atoms with Gasteiger partial charge in [0.1, 0.15) is 6.61 Å². The summed E-state index contributed by atoms with van der Waals surface area (Å²) >= 11 is 0. The van der Waals surface area contributed by atoms with Crippen LogP contribution in [-0.2, 0) is 61.8 Å². The van der Waals surface area contributed by atoms with Gasteiger partial charge in [0.15, 0.2) is 36.6 Å². The maximum Gasteiger partial charge on any atom is 0.335 e. The molecular formula is C24H40O13. The topological polar surface area (TPSA) is 144 Å². The largest absolute Gasteiger partial charge is 0.491 e. The summed E-state index contributed by atoms with van der Waals surface area (Å²) in [6.45, 7) is 5.75. The third-order valence-corrected chi connectivity index (χ3v) is 5.07. The van der Waals surface area contributed by atoms with E-state index in [9.17, 15) is 14.4 Å². The Hall–Kier alpha value is -2.29. The number of methoxy groups -OCH3 is 3. The lowest BCUT2D eigenvalue weighted by Crippen LogP contribution is -2.50. The molecule has 0 saturated carbocycles. The summed E-state index contributed by atoms with van der Waals surface area (Å²) in [6.07, 6.45) is -3.15. The quantitative estimate of drug-likeness (QED) is 0.128. The summed E-state index contributed by atoms with van der Waals surface area (Å²) in [5.41, 5.74) is 0. The van der Waals surface area contributed by atoms with E-state index in [2.05, 4.69) is 0 Å². The minimum atomic E-state index is -1.14. The Morgan fingerprint density at radius 1 is 0.703 bits per heavy atom. The summed E-state index contributed by atoms with van der Waals surface area (Å²) in [4.78, 5) is 37.6. The number of carbonyl (C=O) groups is 3. The highest BCUT2D eigenvalue weighted by Crippen LogP contribution is 2.21. The minimum Gasteiger partial charge on any atom is -0.491 e. The average Bonchev–Trinajstić information content (AvgIpc) is 2.88. The minimum absolute atomic E-state index is 0.171. The molecule has 0 N–H and O–H groups in total. The van der Waals surface area contributed by atoms with Gasteiger partial charge in [0.05, 0.1) is 45.9 Å². The van der Waals surface area contributed by atoms with Crippen LogP contribution in [0.25, 0.3) is 0 Å². The van der Waals surface area contributed by atoms with Gasteiger partial charge in [-0.3, -0.25) is 0 Å². The van der Waals surface area contributed by atoms with Crippen LogP contribution in [0.4, 0.5) is 0 Å². The maximum absolute atomic E-state index is 12.7. The predicted octanol–water partition coefficient (Wildman–Crippen LogP) is 0.420. The molecule has 0 bridgehead atoms. The zero-order valence-electron chi connectivity index (χ0n) is 22.4. The lowest BCUT2D eigenvalue weighted by molar-refractivity contribution is -0.193. The van der Waals surface area contributed by atoms with E-state index in [1.807, 2.05) is 0 Å². The number of hydrogen-bond donors (Lipinski definition) is 0. The molecule has 0 fully saturated rings. The number of esters is 3. The molecule has 0 spiro atoms. The van der Waals surface area contributed by atoms with Crippen LogP contribution in [0.5, 0.6) is 0 Å². The summed E-state index contributed by atoms with van der Waals surface area (Å²) in [6, 6.07) is 0. The molecule has 6 atom stereocenters. The van der Waals surface area contributed by atoms with Crippen molar-refractivity contribution in [1.82, 2.24) is 0 Å². The van der Waals surface area contributed by atoms with Crippen molar-refractivity contribution >= 4 is 17.9 Å². The first-order valence-corrected chi connectivity index (χ1v) is 12.0. The molecule has 0 amide bonds. The Morgan fingerprint density at radius 2 is 1.16 bits per heavy atom. The standard InChI is InChI=1S/C24H40O13/c1-16(31-12-9-28-4)22(25)35-15-20-21(37-24(27)18(3)33-14-11-30-6)19(7-8-34-20)36-23(26)17(2)32-13-10-29-5/h7-8,16-21H,9-15H2,1-6H3/t16-,17-,18-,19+,20+,21+/m0/s1. The molecule has 0 radical (unpaired) electrons. The van der Waals surface area contributed by atoms with E-state index >= 15 is 0 Å². The van der Waals surface area contributed by atoms with Gasteiger partial charge in [0.25, 0.3) is 0 Å². The molecule has 0 aromatic carbocycles. The van der Waals surface area contributed by atoms with Gasteiger partial charge in [-0.05, 0) is 26.8 Å². The zero-order valence-corrected chi connectivity index (χ0v) is 22.4. The normalized spacial score (nSPS) is 21.4. The number of rotatable bonds is 19. The van der Waals surface area contributed by atoms with E-state index in [0.717, 1.165) is 0 Å². The molecule has 1 aliphatic rings. The molecule has 0 unspecified atom stereocenters. The van der Waals surface area contributed by atoms with Crippen molar-refractivity contribution in [3.8, 4) is 0 Å². The van der Waals surface area contributed by atoms with Gasteiger partial charge in [-0.2, -0.15) is 0 Å². The Balaban J connectivity index is 2.88. The van der Waals surface area contributed by atoms with Crippen LogP contribution in [0, 0.1) is 0 Å². The number of carbonyl (C=O) groups excluding carboxylic acids is 3. The number of hydrogen-bond acceptors (Lipinski definition) is 13. The summed E-state index contributed by atoms with van der Waals surface area (Å²) in [5, 5.41) is 0. The van der Waals surface area contributed by atoms with E-state index in [4.69, 9.17) is 47.4 Å². The van der Waals surface area contributed by atoms with E-state index in [1.54, 1.807) is 0 Å². The summed E-state index contributed by atoms with van der Waals surface area (Å²) in [7, 11) is 4.53. The van der Waals surface area contributed by atoms with Gasteiger partial charge in [-0.15, -0.1) is 0 Å². The predicted molar refractivity (Wildman–Crippen MR) is 127 cm³/mol. The van der Waals surface area contributed by atoms with Crippen LogP contribution in [-0.4, -0.2) is 122 Å². The van der Waals surface area contributed by atoms with Crippen molar-refractivity contribution in [1.29, 1.82) is 0 Å². The molecule has 13 heteroatoms. The first-order chi connectivity index (χ1) is 17.7. The second-order valence-corrected chi connectivity index (χ2v) is 7.95. The summed E-state index contributed by atoms with van der Waals surface area (Å²) in [5.74, 6) is -2.06. The van der Waals surface area contributed by atoms with Gasteiger partial charge >= 0.3 is 17.9 Å². The van der Waals surface area contributed by atoms with Gasteiger partial charge in [0.2, 0.25) is 0 Å². The van der Waals surface area contributed by atoms with Crippen molar-refractivity contribution in [2.75, 3.05) is 67.6 Å². The van der Waals surface area contributed by atoms with Crippen LogP contribution in [0.3, 0.4) is 0 Å². The Morgan fingerprint density at radius 3 is 1.65 bits per heavy atom.